The van der Waals surface area contributed by atoms with Gasteiger partial charge in [0.15, 0.2) is 6.10 Å². The van der Waals surface area contributed by atoms with Crippen molar-refractivity contribution in [2.75, 3.05) is 13.2 Å². The molecule has 0 bridgehead atoms. The van der Waals surface area contributed by atoms with Crippen LogP contribution >= 0.6 is 0 Å². The highest BCUT2D eigenvalue weighted by Gasteiger charge is 2.19. The Morgan fingerprint density at radius 1 is 0.266 bits per heavy atom. The van der Waals surface area contributed by atoms with Gasteiger partial charge in [0.05, 0.1) is 0 Å². The summed E-state index contributed by atoms with van der Waals surface area (Å²) in [5.41, 5.74) is 0. The lowest BCUT2D eigenvalue weighted by Crippen LogP contribution is -2.30. The van der Waals surface area contributed by atoms with Crippen LogP contribution in [0.3, 0.4) is 0 Å². The molecule has 0 aliphatic rings. The molecule has 0 aromatic rings. The maximum atomic E-state index is 12.9. The minimum Gasteiger partial charge on any atom is -0.462 e. The number of unbranched alkanes of at least 4 members (excludes halogenated alkanes) is 22. The van der Waals surface area contributed by atoms with Crippen LogP contribution in [0.15, 0.2) is 146 Å². The highest BCUT2D eigenvalue weighted by atomic mass is 16.6. The molecule has 0 N–H and O–H groups in total. The van der Waals surface area contributed by atoms with Gasteiger partial charge >= 0.3 is 17.9 Å². The van der Waals surface area contributed by atoms with E-state index < -0.39 is 6.10 Å². The molecule has 0 aliphatic carbocycles. The molecule has 79 heavy (non-hydrogen) atoms. The van der Waals surface area contributed by atoms with Gasteiger partial charge in [-0.05, 0) is 122 Å². The Morgan fingerprint density at radius 3 is 0.772 bits per heavy atom. The Hall–Kier alpha value is -4.71. The summed E-state index contributed by atoms with van der Waals surface area (Å²) in [6.45, 7) is 6.37. The summed E-state index contributed by atoms with van der Waals surface area (Å²) in [5, 5.41) is 0. The summed E-state index contributed by atoms with van der Waals surface area (Å²) in [5.74, 6) is -0.924. The van der Waals surface area contributed by atoms with E-state index in [0.29, 0.717) is 19.3 Å². The maximum Gasteiger partial charge on any atom is 0.306 e. The van der Waals surface area contributed by atoms with Crippen molar-refractivity contribution < 1.29 is 28.6 Å². The van der Waals surface area contributed by atoms with E-state index in [0.717, 1.165) is 148 Å². The van der Waals surface area contributed by atoms with Crippen molar-refractivity contribution in [1.29, 1.82) is 0 Å². The number of hydrogen-bond acceptors (Lipinski definition) is 6. The standard InChI is InChI=1S/C73H118O6/c1-4-7-10-13-16-19-21-23-25-27-29-31-33-34-35-36-37-38-40-41-43-45-47-49-51-54-57-60-63-66-72(75)78-69-70(68-77-71(74)65-62-59-56-53-18-15-12-9-6-3)79-73(76)67-64-61-58-55-52-50-48-46-44-42-39-32-30-28-26-24-22-20-17-14-11-8-5-2/h7-8,10-11,16-17,19-20,23-26,29-32,34-35,37-38,41,43,47,49,70H,4-6,9,12-15,18,21-22,27-28,33,36,39-40,42,44-46,48,50-69H2,1-3H3/b10-7-,11-8-,19-16-,20-17-,25-23-,26-24-,31-29-,32-30-,35-34-,38-37-,43-41-,49-47-. The molecule has 6 nitrogen and oxygen atoms in total. The minimum absolute atomic E-state index is 0.0908. The largest absolute Gasteiger partial charge is 0.462 e. The normalized spacial score (nSPS) is 13.1. The number of carbonyl (C=O) groups excluding carboxylic acids is 3. The molecule has 0 saturated heterocycles. The number of allylic oxidation sites excluding steroid dienone is 24. The number of hydrogen-bond donors (Lipinski definition) is 0. The molecular weight excluding hydrogens is 973 g/mol. The van der Waals surface area contributed by atoms with Crippen LogP contribution in [0.2, 0.25) is 0 Å². The predicted octanol–water partition coefficient (Wildman–Crippen LogP) is 22.3. The smallest absolute Gasteiger partial charge is 0.306 e. The molecule has 1 atom stereocenters. The van der Waals surface area contributed by atoms with Crippen LogP contribution in [0.5, 0.6) is 0 Å². The summed E-state index contributed by atoms with van der Waals surface area (Å²) in [6, 6.07) is 0. The number of rotatable bonds is 57. The van der Waals surface area contributed by atoms with Gasteiger partial charge in [0.2, 0.25) is 0 Å². The molecule has 0 saturated carbocycles. The molecule has 1 unspecified atom stereocenters. The first-order valence-electron chi connectivity index (χ1n) is 32.3. The Kier molecular flexibility index (Phi) is 61.9. The van der Waals surface area contributed by atoms with Gasteiger partial charge < -0.3 is 14.2 Å². The molecule has 6 heteroatoms. The van der Waals surface area contributed by atoms with Gasteiger partial charge in [0.25, 0.3) is 0 Å². The zero-order valence-electron chi connectivity index (χ0n) is 51.1. The van der Waals surface area contributed by atoms with E-state index in [2.05, 4.69) is 167 Å². The second-order valence-electron chi connectivity index (χ2n) is 20.9. The lowest BCUT2D eigenvalue weighted by molar-refractivity contribution is -0.167. The summed E-state index contributed by atoms with van der Waals surface area (Å²) < 4.78 is 16.9. The average molecular weight is 1090 g/mol. The van der Waals surface area contributed by atoms with Gasteiger partial charge in [0.1, 0.15) is 13.2 Å². The fourth-order valence-corrected chi connectivity index (χ4v) is 8.57. The molecular formula is C73H118O6. The van der Waals surface area contributed by atoms with Gasteiger partial charge in [0, 0.05) is 19.3 Å². The van der Waals surface area contributed by atoms with Crippen molar-refractivity contribution in [3.05, 3.63) is 146 Å². The first-order chi connectivity index (χ1) is 39.0. The highest BCUT2D eigenvalue weighted by Crippen LogP contribution is 2.15. The van der Waals surface area contributed by atoms with Crippen molar-refractivity contribution in [2.45, 2.75) is 284 Å². The van der Waals surface area contributed by atoms with Crippen LogP contribution in [-0.4, -0.2) is 37.2 Å². The van der Waals surface area contributed by atoms with E-state index >= 15 is 0 Å². The van der Waals surface area contributed by atoms with E-state index in [1.165, 1.54) is 89.9 Å². The lowest BCUT2D eigenvalue weighted by atomic mass is 10.0. The molecule has 0 spiro atoms. The van der Waals surface area contributed by atoms with E-state index in [1.807, 2.05) is 0 Å². The van der Waals surface area contributed by atoms with E-state index in [4.69, 9.17) is 14.2 Å². The number of carbonyl (C=O) groups is 3. The maximum absolute atomic E-state index is 12.9. The fraction of sp³-hybridized carbons (Fsp3) is 0.630. The average Bonchev–Trinajstić information content (AvgIpc) is 3.45. The van der Waals surface area contributed by atoms with Crippen LogP contribution in [0.1, 0.15) is 278 Å². The van der Waals surface area contributed by atoms with Crippen LogP contribution in [0.4, 0.5) is 0 Å². The van der Waals surface area contributed by atoms with Gasteiger partial charge in [-0.25, -0.2) is 0 Å². The Balaban J connectivity index is 4.31. The van der Waals surface area contributed by atoms with Gasteiger partial charge in [-0.3, -0.25) is 14.4 Å². The number of ether oxygens (including phenoxy) is 3. The van der Waals surface area contributed by atoms with Gasteiger partial charge in [-0.1, -0.05) is 282 Å². The topological polar surface area (TPSA) is 78.9 Å². The third kappa shape index (κ3) is 64.0. The molecule has 0 aromatic carbocycles. The third-order valence-electron chi connectivity index (χ3n) is 13.3. The second kappa shape index (κ2) is 65.8. The summed E-state index contributed by atoms with van der Waals surface area (Å²) in [6.07, 6.45) is 94.3. The molecule has 446 valence electrons. The van der Waals surface area contributed by atoms with Crippen LogP contribution < -0.4 is 0 Å². The molecule has 0 fully saturated rings. The zero-order valence-corrected chi connectivity index (χ0v) is 51.1. The van der Waals surface area contributed by atoms with E-state index in [-0.39, 0.29) is 31.1 Å². The quantitative estimate of drug-likeness (QED) is 0.0261. The Bertz CT molecular complexity index is 1730. The fourth-order valence-electron chi connectivity index (χ4n) is 8.57. The van der Waals surface area contributed by atoms with Crippen LogP contribution in [0.25, 0.3) is 0 Å². The monoisotopic (exact) mass is 1090 g/mol. The Morgan fingerprint density at radius 2 is 0.494 bits per heavy atom. The summed E-state index contributed by atoms with van der Waals surface area (Å²) in [4.78, 5) is 38.2. The molecule has 0 aliphatic heterocycles. The van der Waals surface area contributed by atoms with E-state index in [9.17, 15) is 14.4 Å². The summed E-state index contributed by atoms with van der Waals surface area (Å²) in [7, 11) is 0. The molecule has 0 amide bonds. The Labute approximate surface area is 487 Å². The lowest BCUT2D eigenvalue weighted by Gasteiger charge is -2.18. The van der Waals surface area contributed by atoms with E-state index in [1.54, 1.807) is 0 Å². The van der Waals surface area contributed by atoms with Crippen molar-refractivity contribution in [3.63, 3.8) is 0 Å². The molecule has 0 radical (unpaired) electrons. The minimum atomic E-state index is -0.796. The SMILES string of the molecule is CC/C=C\C/C=C\C/C=C\C/C=C\C/C=C\C/C=C\C/C=C\C/C=C\CCCCCCC(=O)OCC(COC(=O)CCCCCCCCCCC)OC(=O)CCCCCCCCCCCC/C=C\C/C=C\C/C=C\C/C=C\CC. The first kappa shape index (κ1) is 74.3. The molecule has 0 heterocycles. The van der Waals surface area contributed by atoms with Crippen molar-refractivity contribution >= 4 is 17.9 Å². The molecule has 0 aromatic heterocycles. The van der Waals surface area contributed by atoms with Gasteiger partial charge in [-0.15, -0.1) is 0 Å². The molecule has 0 rings (SSSR count). The van der Waals surface area contributed by atoms with Crippen LogP contribution in [0, 0.1) is 0 Å². The second-order valence-corrected chi connectivity index (χ2v) is 20.9. The predicted molar refractivity (Wildman–Crippen MR) is 343 cm³/mol. The number of esters is 3. The van der Waals surface area contributed by atoms with Gasteiger partial charge in [-0.2, -0.15) is 0 Å². The summed E-state index contributed by atoms with van der Waals surface area (Å²) >= 11 is 0. The highest BCUT2D eigenvalue weighted by molar-refractivity contribution is 5.71. The van der Waals surface area contributed by atoms with Crippen molar-refractivity contribution in [1.82, 2.24) is 0 Å². The first-order valence-corrected chi connectivity index (χ1v) is 32.3. The van der Waals surface area contributed by atoms with Crippen molar-refractivity contribution in [2.24, 2.45) is 0 Å². The zero-order chi connectivity index (χ0) is 57.1. The third-order valence-corrected chi connectivity index (χ3v) is 13.3. The van der Waals surface area contributed by atoms with Crippen molar-refractivity contribution in [3.8, 4) is 0 Å². The van der Waals surface area contributed by atoms with Crippen LogP contribution in [-0.2, 0) is 28.6 Å².